The number of rotatable bonds is 16. The molecular formula is C28H37N3O8S. The highest BCUT2D eigenvalue weighted by atomic mass is 32.2. The Morgan fingerprint density at radius 1 is 1.05 bits per heavy atom. The van der Waals surface area contributed by atoms with Crippen LogP contribution in [-0.4, -0.2) is 86.5 Å². The van der Waals surface area contributed by atoms with E-state index in [9.17, 15) is 19.5 Å². The van der Waals surface area contributed by atoms with Crippen LogP contribution in [-0.2, 0) is 43.3 Å². The first-order valence-electron chi connectivity index (χ1n) is 13.2. The van der Waals surface area contributed by atoms with Crippen LogP contribution in [0.4, 0.5) is 0 Å². The number of hydrogen-bond donors (Lipinski definition) is 4. The van der Waals surface area contributed by atoms with Crippen molar-refractivity contribution in [2.75, 3.05) is 24.7 Å². The van der Waals surface area contributed by atoms with Crippen LogP contribution < -0.4 is 5.32 Å². The number of nitrogens with zero attached hydrogens (tertiary/aromatic N) is 2. The Kier molecular flexibility index (Phi) is 12.9. The number of carboxylic acids is 1. The van der Waals surface area contributed by atoms with Gasteiger partial charge < -0.3 is 20.1 Å². The molecule has 1 aliphatic heterocycles. The summed E-state index contributed by atoms with van der Waals surface area (Å²) in [5.41, 5.74) is 3.02. The summed E-state index contributed by atoms with van der Waals surface area (Å²) >= 11 is 1.41. The molecule has 1 heterocycles. The van der Waals surface area contributed by atoms with Gasteiger partial charge in [-0.3, -0.25) is 20.0 Å². The fourth-order valence-corrected chi connectivity index (χ4v) is 5.25. The second-order valence-electron chi connectivity index (χ2n) is 9.53. The topological polar surface area (TPSA) is 149 Å². The largest absolute Gasteiger partial charge is 0.481 e. The molecule has 1 aliphatic rings. The van der Waals surface area contributed by atoms with Crippen LogP contribution in [0, 0.1) is 0 Å². The van der Waals surface area contributed by atoms with Crippen LogP contribution >= 0.6 is 11.8 Å². The number of aliphatic carboxylic acids is 1. The maximum Gasteiger partial charge on any atom is 0.329 e. The molecule has 218 valence electrons. The standard InChI is InChI=1S/C28H37N3O8S/c1-20(29-24(18-26(32)33)12-11-21-7-3-2-4-8-21)27(34)30-19-23-10-6-5-9-22(23)17-25(30)28(35)38-13-15-40-16-14-39-31(36)37/h2-10,20,24-25,29,36-37H,11-19H2,1H3,(H,32,33). The molecule has 4 N–H and O–H groups in total. The molecule has 3 unspecified atom stereocenters. The zero-order valence-electron chi connectivity index (χ0n) is 22.5. The van der Waals surface area contributed by atoms with E-state index in [2.05, 4.69) is 10.2 Å². The number of esters is 1. The summed E-state index contributed by atoms with van der Waals surface area (Å²) in [6, 6.07) is 15.5. The van der Waals surface area contributed by atoms with E-state index in [1.807, 2.05) is 54.6 Å². The van der Waals surface area contributed by atoms with Crippen molar-refractivity contribution in [1.29, 1.82) is 0 Å². The molecule has 0 bridgehead atoms. The zero-order chi connectivity index (χ0) is 28.9. The van der Waals surface area contributed by atoms with E-state index in [1.54, 1.807) is 6.92 Å². The molecule has 3 rings (SSSR count). The number of carboxylic acid groups (broad SMARTS) is 1. The van der Waals surface area contributed by atoms with Crippen molar-refractivity contribution in [3.8, 4) is 0 Å². The first-order chi connectivity index (χ1) is 19.2. The molecule has 3 atom stereocenters. The number of benzene rings is 2. The highest BCUT2D eigenvalue weighted by Gasteiger charge is 2.37. The van der Waals surface area contributed by atoms with Crippen LogP contribution in [0.25, 0.3) is 0 Å². The number of ether oxygens (including phenoxy) is 1. The SMILES string of the molecule is CC(NC(CCc1ccccc1)CC(=O)O)C(=O)N1Cc2ccccc2CC1C(=O)OCCSCCON(O)O. The third-order valence-corrected chi connectivity index (χ3v) is 7.52. The summed E-state index contributed by atoms with van der Waals surface area (Å²) in [5, 5.41) is 29.4. The Hall–Kier alpha value is -3.00. The summed E-state index contributed by atoms with van der Waals surface area (Å²) in [6.45, 7) is 2.15. The number of fused-ring (bicyclic) bond motifs is 1. The Morgan fingerprint density at radius 2 is 1.73 bits per heavy atom. The van der Waals surface area contributed by atoms with E-state index in [0.717, 1.165) is 16.7 Å². The number of carbonyl (C=O) groups is 3. The Bertz CT molecular complexity index is 1100. The van der Waals surface area contributed by atoms with E-state index in [-0.39, 0.29) is 37.5 Å². The first kappa shape index (κ1) is 31.5. The lowest BCUT2D eigenvalue weighted by molar-refractivity contribution is -0.490. The Labute approximate surface area is 237 Å². The van der Waals surface area contributed by atoms with E-state index in [4.69, 9.17) is 15.2 Å². The number of carbonyl (C=O) groups excluding carboxylic acids is 2. The molecule has 11 nitrogen and oxygen atoms in total. The van der Waals surface area contributed by atoms with Gasteiger partial charge in [0.25, 0.3) is 0 Å². The van der Waals surface area contributed by atoms with Gasteiger partial charge in [0.2, 0.25) is 5.91 Å². The lowest BCUT2D eigenvalue weighted by Crippen LogP contribution is -2.56. The van der Waals surface area contributed by atoms with Gasteiger partial charge in [0, 0.05) is 30.5 Å². The second-order valence-corrected chi connectivity index (χ2v) is 10.8. The van der Waals surface area contributed by atoms with Gasteiger partial charge in [0.1, 0.15) is 12.6 Å². The summed E-state index contributed by atoms with van der Waals surface area (Å²) < 4.78 is 5.50. The molecule has 1 amide bonds. The minimum atomic E-state index is -0.951. The number of nitrogens with one attached hydrogen (secondary N) is 1. The summed E-state index contributed by atoms with van der Waals surface area (Å²) in [7, 11) is 0. The third-order valence-electron chi connectivity index (χ3n) is 6.61. The predicted molar refractivity (Wildman–Crippen MR) is 148 cm³/mol. The maximum absolute atomic E-state index is 13.7. The van der Waals surface area contributed by atoms with Gasteiger partial charge in [-0.2, -0.15) is 11.8 Å². The molecule has 0 aromatic heterocycles. The quantitative estimate of drug-likeness (QED) is 0.133. The van der Waals surface area contributed by atoms with Crippen LogP contribution in [0.2, 0.25) is 0 Å². The van der Waals surface area contributed by atoms with Crippen LogP contribution in [0.5, 0.6) is 0 Å². The van der Waals surface area contributed by atoms with Gasteiger partial charge in [-0.05, 0) is 36.5 Å². The van der Waals surface area contributed by atoms with Crippen molar-refractivity contribution >= 4 is 29.6 Å². The maximum atomic E-state index is 13.7. The van der Waals surface area contributed by atoms with Gasteiger partial charge in [0.15, 0.2) is 0 Å². The minimum absolute atomic E-state index is 0.0758. The van der Waals surface area contributed by atoms with Crippen molar-refractivity contribution in [1.82, 2.24) is 15.6 Å². The molecule has 0 fully saturated rings. The lowest BCUT2D eigenvalue weighted by Gasteiger charge is -2.37. The number of aryl methyl sites for hydroxylation is 1. The summed E-state index contributed by atoms with van der Waals surface area (Å²) in [5.74, 6) is -0.820. The highest BCUT2D eigenvalue weighted by Crippen LogP contribution is 2.25. The lowest BCUT2D eigenvalue weighted by atomic mass is 9.93. The van der Waals surface area contributed by atoms with Crippen molar-refractivity contribution in [3.05, 3.63) is 71.3 Å². The molecule has 0 aliphatic carbocycles. The van der Waals surface area contributed by atoms with E-state index < -0.39 is 30.1 Å². The molecule has 0 saturated heterocycles. The fourth-order valence-electron chi connectivity index (χ4n) is 4.66. The smallest absolute Gasteiger partial charge is 0.329 e. The average molecular weight is 576 g/mol. The average Bonchev–Trinajstić information content (AvgIpc) is 2.94. The van der Waals surface area contributed by atoms with E-state index >= 15 is 0 Å². The molecule has 0 saturated carbocycles. The van der Waals surface area contributed by atoms with Crippen molar-refractivity contribution in [2.24, 2.45) is 0 Å². The normalized spacial score (nSPS) is 16.3. The second kappa shape index (κ2) is 16.3. The summed E-state index contributed by atoms with van der Waals surface area (Å²) in [6.07, 6.45) is 1.40. The number of amides is 1. The highest BCUT2D eigenvalue weighted by molar-refractivity contribution is 7.99. The van der Waals surface area contributed by atoms with Gasteiger partial charge in [-0.1, -0.05) is 54.6 Å². The van der Waals surface area contributed by atoms with E-state index in [1.165, 1.54) is 16.7 Å². The van der Waals surface area contributed by atoms with Gasteiger partial charge in [-0.15, -0.1) is 0 Å². The monoisotopic (exact) mass is 575 g/mol. The van der Waals surface area contributed by atoms with Crippen molar-refractivity contribution in [3.63, 3.8) is 0 Å². The molecule has 0 spiro atoms. The van der Waals surface area contributed by atoms with Crippen LogP contribution in [0.1, 0.15) is 36.5 Å². The Balaban J connectivity index is 1.62. The van der Waals surface area contributed by atoms with Crippen molar-refractivity contribution in [2.45, 2.75) is 57.3 Å². The third kappa shape index (κ3) is 10.2. The van der Waals surface area contributed by atoms with Crippen LogP contribution in [0.3, 0.4) is 0 Å². The Morgan fingerprint density at radius 3 is 2.42 bits per heavy atom. The summed E-state index contributed by atoms with van der Waals surface area (Å²) in [4.78, 5) is 44.3. The van der Waals surface area contributed by atoms with E-state index in [0.29, 0.717) is 30.8 Å². The van der Waals surface area contributed by atoms with Gasteiger partial charge in [-0.25, -0.2) is 9.63 Å². The molecule has 2 aromatic rings. The zero-order valence-corrected chi connectivity index (χ0v) is 23.3. The van der Waals surface area contributed by atoms with Gasteiger partial charge >= 0.3 is 11.9 Å². The number of hydrogen-bond acceptors (Lipinski definition) is 10. The molecule has 12 heteroatoms. The minimum Gasteiger partial charge on any atom is -0.481 e. The van der Waals surface area contributed by atoms with Crippen LogP contribution in [0.15, 0.2) is 54.6 Å². The molecular weight excluding hydrogens is 538 g/mol. The molecule has 2 aromatic carbocycles. The number of thioether (sulfide) groups is 1. The first-order valence-corrected chi connectivity index (χ1v) is 14.3. The fraction of sp³-hybridized carbons (Fsp3) is 0.464. The molecule has 0 radical (unpaired) electrons. The van der Waals surface area contributed by atoms with Gasteiger partial charge in [0.05, 0.1) is 24.5 Å². The predicted octanol–water partition coefficient (Wildman–Crippen LogP) is 2.68. The molecule has 40 heavy (non-hydrogen) atoms. The van der Waals surface area contributed by atoms with Crippen molar-refractivity contribution < 1.29 is 39.5 Å².